The third kappa shape index (κ3) is 3.33. The zero-order valence-electron chi connectivity index (χ0n) is 11.8. The van der Waals surface area contributed by atoms with E-state index >= 15 is 0 Å². The molecule has 2 rings (SSSR count). The molecule has 0 radical (unpaired) electrons. The van der Waals surface area contributed by atoms with Crippen LogP contribution >= 0.6 is 11.3 Å². The Labute approximate surface area is 118 Å². The predicted molar refractivity (Wildman–Crippen MR) is 80.7 cm³/mol. The average Bonchev–Trinajstić information content (AvgIpc) is 2.71. The molecular weight excluding hydrogens is 256 g/mol. The van der Waals surface area contributed by atoms with Crippen LogP contribution in [0.2, 0.25) is 0 Å². The van der Waals surface area contributed by atoms with Crippen LogP contribution < -0.4 is 10.5 Å². The van der Waals surface area contributed by atoms with E-state index in [9.17, 15) is 0 Å². The van der Waals surface area contributed by atoms with E-state index in [0.717, 1.165) is 26.9 Å². The number of rotatable bonds is 4. The Bertz CT molecular complexity index is 561. The molecule has 3 nitrogen and oxygen atoms in total. The zero-order valence-corrected chi connectivity index (χ0v) is 12.6. The summed E-state index contributed by atoms with van der Waals surface area (Å²) in [6.45, 7) is 8.04. The topological polar surface area (TPSA) is 48.1 Å². The molecule has 102 valence electrons. The van der Waals surface area contributed by atoms with Gasteiger partial charge >= 0.3 is 0 Å². The molecule has 1 aromatic carbocycles. The first kappa shape index (κ1) is 14.0. The number of ether oxygens (including phenoxy) is 1. The molecule has 0 saturated heterocycles. The lowest BCUT2D eigenvalue weighted by Crippen LogP contribution is -2.05. The molecule has 0 aliphatic heterocycles. The second-order valence-electron chi connectivity index (χ2n) is 4.95. The van der Waals surface area contributed by atoms with Crippen molar-refractivity contribution in [2.45, 2.75) is 39.8 Å². The molecule has 0 saturated carbocycles. The van der Waals surface area contributed by atoms with Gasteiger partial charge in [-0.2, -0.15) is 0 Å². The van der Waals surface area contributed by atoms with E-state index in [-0.39, 0.29) is 12.1 Å². The van der Waals surface area contributed by atoms with Gasteiger partial charge in [0.1, 0.15) is 10.8 Å². The van der Waals surface area contributed by atoms with Crippen LogP contribution in [0.1, 0.15) is 37.4 Å². The first-order valence-electron chi connectivity index (χ1n) is 6.47. The molecule has 0 bridgehead atoms. The van der Waals surface area contributed by atoms with E-state index in [1.54, 1.807) is 11.3 Å². The summed E-state index contributed by atoms with van der Waals surface area (Å²) >= 11 is 1.66. The van der Waals surface area contributed by atoms with Gasteiger partial charge < -0.3 is 10.5 Å². The molecule has 0 spiro atoms. The summed E-state index contributed by atoms with van der Waals surface area (Å²) in [5.41, 5.74) is 8.05. The lowest BCUT2D eigenvalue weighted by molar-refractivity contribution is 0.242. The molecule has 4 heteroatoms. The summed E-state index contributed by atoms with van der Waals surface area (Å²) in [6, 6.07) is 8.08. The van der Waals surface area contributed by atoms with Gasteiger partial charge in [0, 0.05) is 16.5 Å². The molecule has 0 fully saturated rings. The summed E-state index contributed by atoms with van der Waals surface area (Å²) in [5, 5.41) is 0.999. The fourth-order valence-electron chi connectivity index (χ4n) is 1.93. The van der Waals surface area contributed by atoms with E-state index in [1.807, 2.05) is 45.9 Å². The number of aryl methyl sites for hydroxylation is 1. The minimum atomic E-state index is 0.0290. The Kier molecular flexibility index (Phi) is 4.22. The van der Waals surface area contributed by atoms with Crippen molar-refractivity contribution in [3.63, 3.8) is 0 Å². The highest BCUT2D eigenvalue weighted by atomic mass is 32.1. The fraction of sp³-hybridized carbons (Fsp3) is 0.400. The predicted octanol–water partition coefficient (Wildman–Crippen LogP) is 3.93. The van der Waals surface area contributed by atoms with Crippen molar-refractivity contribution < 1.29 is 4.74 Å². The van der Waals surface area contributed by atoms with Gasteiger partial charge in [0.25, 0.3) is 0 Å². The lowest BCUT2D eigenvalue weighted by Gasteiger charge is -2.10. The minimum absolute atomic E-state index is 0.0290. The van der Waals surface area contributed by atoms with E-state index in [0.29, 0.717) is 0 Å². The number of hydrogen-bond donors (Lipinski definition) is 1. The number of benzene rings is 1. The van der Waals surface area contributed by atoms with Gasteiger partial charge in [-0.25, -0.2) is 4.98 Å². The molecule has 1 atom stereocenters. The Balaban J connectivity index is 2.33. The molecule has 1 heterocycles. The molecule has 2 aromatic rings. The van der Waals surface area contributed by atoms with Gasteiger partial charge in [0.15, 0.2) is 0 Å². The van der Waals surface area contributed by atoms with Gasteiger partial charge in [0.2, 0.25) is 0 Å². The third-order valence-electron chi connectivity index (χ3n) is 2.70. The second kappa shape index (κ2) is 5.72. The number of hydrogen-bond acceptors (Lipinski definition) is 4. The van der Waals surface area contributed by atoms with Crippen LogP contribution in [0.4, 0.5) is 0 Å². The normalized spacial score (nSPS) is 12.7. The van der Waals surface area contributed by atoms with Crippen molar-refractivity contribution in [1.29, 1.82) is 0 Å². The zero-order chi connectivity index (χ0) is 14.0. The number of nitrogens with two attached hydrogens (primary N) is 1. The van der Waals surface area contributed by atoms with Gasteiger partial charge in [-0.05, 0) is 39.8 Å². The lowest BCUT2D eigenvalue weighted by atomic mass is 10.2. The molecule has 19 heavy (non-hydrogen) atoms. The highest BCUT2D eigenvalue weighted by Crippen LogP contribution is 2.32. The standard InChI is InChI=1S/C15H20N2OS/c1-9(2)18-13-7-5-6-12(8-13)15-17-11(4)14(19-15)10(3)16/h5-10H,16H2,1-4H3. The summed E-state index contributed by atoms with van der Waals surface area (Å²) in [7, 11) is 0. The highest BCUT2D eigenvalue weighted by Gasteiger charge is 2.12. The number of nitrogens with zero attached hydrogens (tertiary/aromatic N) is 1. The van der Waals surface area contributed by atoms with E-state index in [1.165, 1.54) is 0 Å². The van der Waals surface area contributed by atoms with Crippen molar-refractivity contribution in [3.8, 4) is 16.3 Å². The van der Waals surface area contributed by atoms with Crippen LogP contribution in [-0.4, -0.2) is 11.1 Å². The molecule has 1 unspecified atom stereocenters. The van der Waals surface area contributed by atoms with Crippen LogP contribution in [0.3, 0.4) is 0 Å². The maximum atomic E-state index is 5.95. The van der Waals surface area contributed by atoms with Crippen LogP contribution in [0.15, 0.2) is 24.3 Å². The Morgan fingerprint density at radius 1 is 1.26 bits per heavy atom. The summed E-state index contributed by atoms with van der Waals surface area (Å²) < 4.78 is 5.71. The van der Waals surface area contributed by atoms with E-state index in [4.69, 9.17) is 10.5 Å². The smallest absolute Gasteiger partial charge is 0.124 e. The third-order valence-corrected chi connectivity index (χ3v) is 4.11. The Morgan fingerprint density at radius 3 is 2.58 bits per heavy atom. The fourth-order valence-corrected chi connectivity index (χ4v) is 2.94. The summed E-state index contributed by atoms with van der Waals surface area (Å²) in [5.74, 6) is 0.878. The summed E-state index contributed by atoms with van der Waals surface area (Å²) in [6.07, 6.45) is 0.174. The van der Waals surface area contributed by atoms with Crippen molar-refractivity contribution in [3.05, 3.63) is 34.8 Å². The molecule has 0 amide bonds. The maximum Gasteiger partial charge on any atom is 0.124 e. The number of aromatic nitrogens is 1. The summed E-state index contributed by atoms with van der Waals surface area (Å²) in [4.78, 5) is 5.75. The molecular formula is C15H20N2OS. The second-order valence-corrected chi connectivity index (χ2v) is 5.98. The van der Waals surface area contributed by atoms with Gasteiger partial charge in [-0.3, -0.25) is 0 Å². The van der Waals surface area contributed by atoms with Crippen LogP contribution in [0, 0.1) is 6.92 Å². The molecule has 0 aliphatic carbocycles. The molecule has 0 aliphatic rings. The van der Waals surface area contributed by atoms with Crippen LogP contribution in [0.5, 0.6) is 5.75 Å². The van der Waals surface area contributed by atoms with Gasteiger partial charge in [0.05, 0.1) is 11.8 Å². The molecule has 1 aromatic heterocycles. The monoisotopic (exact) mass is 276 g/mol. The minimum Gasteiger partial charge on any atom is -0.491 e. The Morgan fingerprint density at radius 2 is 2.00 bits per heavy atom. The van der Waals surface area contributed by atoms with Crippen molar-refractivity contribution in [1.82, 2.24) is 4.98 Å². The SMILES string of the molecule is Cc1nc(-c2cccc(OC(C)C)c2)sc1C(C)N. The van der Waals surface area contributed by atoms with Crippen molar-refractivity contribution >= 4 is 11.3 Å². The van der Waals surface area contributed by atoms with Crippen LogP contribution in [0.25, 0.3) is 10.6 Å². The van der Waals surface area contributed by atoms with Crippen molar-refractivity contribution in [2.24, 2.45) is 5.73 Å². The largest absolute Gasteiger partial charge is 0.491 e. The van der Waals surface area contributed by atoms with E-state index < -0.39 is 0 Å². The Hall–Kier alpha value is -1.39. The quantitative estimate of drug-likeness (QED) is 0.920. The van der Waals surface area contributed by atoms with Crippen molar-refractivity contribution in [2.75, 3.05) is 0 Å². The first-order valence-corrected chi connectivity index (χ1v) is 7.29. The maximum absolute atomic E-state index is 5.95. The van der Waals surface area contributed by atoms with Crippen LogP contribution in [-0.2, 0) is 0 Å². The highest BCUT2D eigenvalue weighted by molar-refractivity contribution is 7.15. The number of thiazole rings is 1. The van der Waals surface area contributed by atoms with E-state index in [2.05, 4.69) is 11.1 Å². The average molecular weight is 276 g/mol. The molecule has 2 N–H and O–H groups in total. The first-order chi connectivity index (χ1) is 8.97. The van der Waals surface area contributed by atoms with Gasteiger partial charge in [-0.15, -0.1) is 11.3 Å². The van der Waals surface area contributed by atoms with Gasteiger partial charge in [-0.1, -0.05) is 12.1 Å².